The van der Waals surface area contributed by atoms with Crippen LogP contribution in [0.5, 0.6) is 0 Å². The maximum Gasteiger partial charge on any atom is 0.229 e. The van der Waals surface area contributed by atoms with Crippen molar-refractivity contribution < 1.29 is 15.0 Å². The monoisotopic (exact) mass is 259 g/mol. The van der Waals surface area contributed by atoms with Crippen LogP contribution in [0.15, 0.2) is 0 Å². The van der Waals surface area contributed by atoms with E-state index in [0.29, 0.717) is 0 Å². The van der Waals surface area contributed by atoms with Crippen molar-refractivity contribution in [3.63, 3.8) is 0 Å². The van der Waals surface area contributed by atoms with Crippen molar-refractivity contribution in [2.45, 2.75) is 65.2 Å². The molecule has 0 heterocycles. The highest BCUT2D eigenvalue weighted by Crippen LogP contribution is 2.17. The van der Waals surface area contributed by atoms with Crippen LogP contribution >= 0.6 is 0 Å². The second-order valence-electron chi connectivity index (χ2n) is 4.82. The molecule has 4 nitrogen and oxygen atoms in total. The Morgan fingerprint density at radius 1 is 1.00 bits per heavy atom. The normalized spacial score (nSPS) is 12.4. The Labute approximate surface area is 111 Å². The van der Waals surface area contributed by atoms with Gasteiger partial charge in [0.15, 0.2) is 0 Å². The van der Waals surface area contributed by atoms with Crippen molar-refractivity contribution in [3.8, 4) is 0 Å². The Kier molecular flexibility index (Phi) is 11.1. The number of nitrogens with zero attached hydrogens (tertiary/aromatic N) is 1. The van der Waals surface area contributed by atoms with Crippen LogP contribution in [0.3, 0.4) is 0 Å². The first-order chi connectivity index (χ1) is 8.71. The van der Waals surface area contributed by atoms with E-state index >= 15 is 0 Å². The summed E-state index contributed by atoms with van der Waals surface area (Å²) in [5.74, 6) is -0.188. The molecule has 0 fully saturated rings. The van der Waals surface area contributed by atoms with Gasteiger partial charge in [-0.05, 0) is 12.8 Å². The fraction of sp³-hybridized carbons (Fsp3) is 0.929. The minimum absolute atomic E-state index is 0.0597. The molecule has 0 bridgehead atoms. The zero-order chi connectivity index (χ0) is 13.8. The maximum absolute atomic E-state index is 11.9. The van der Waals surface area contributed by atoms with E-state index in [1.54, 1.807) is 0 Å². The van der Waals surface area contributed by atoms with E-state index in [9.17, 15) is 4.79 Å². The summed E-state index contributed by atoms with van der Waals surface area (Å²) >= 11 is 0. The van der Waals surface area contributed by atoms with Gasteiger partial charge in [0.05, 0.1) is 0 Å². The summed E-state index contributed by atoms with van der Waals surface area (Å²) in [5.41, 5.74) is 0. The van der Waals surface area contributed by atoms with Gasteiger partial charge < -0.3 is 10.2 Å². The summed E-state index contributed by atoms with van der Waals surface area (Å²) in [5, 5.41) is 17.9. The summed E-state index contributed by atoms with van der Waals surface area (Å²) in [6.07, 6.45) is 8.91. The van der Waals surface area contributed by atoms with Gasteiger partial charge in [-0.1, -0.05) is 52.4 Å². The number of aliphatic hydroxyl groups excluding tert-OH is 2. The van der Waals surface area contributed by atoms with Crippen LogP contribution in [0, 0.1) is 5.92 Å². The molecule has 0 radical (unpaired) electrons. The number of aliphatic hydroxyl groups is 2. The summed E-state index contributed by atoms with van der Waals surface area (Å²) < 4.78 is 0. The molecule has 1 atom stereocenters. The maximum atomic E-state index is 11.9. The van der Waals surface area contributed by atoms with Crippen LogP contribution in [0.4, 0.5) is 0 Å². The SMILES string of the molecule is CCCCCCCCC(CC)C(=O)N(CO)CO. The Hall–Kier alpha value is -0.610. The molecular weight excluding hydrogens is 230 g/mol. The van der Waals surface area contributed by atoms with Crippen LogP contribution in [0.1, 0.15) is 65.2 Å². The number of amides is 1. The number of hydrogen-bond donors (Lipinski definition) is 2. The first kappa shape index (κ1) is 17.4. The lowest BCUT2D eigenvalue weighted by molar-refractivity contribution is -0.144. The highest BCUT2D eigenvalue weighted by Gasteiger charge is 2.21. The molecule has 0 spiro atoms. The van der Waals surface area contributed by atoms with E-state index in [1.165, 1.54) is 32.1 Å². The molecule has 18 heavy (non-hydrogen) atoms. The summed E-state index contributed by atoms with van der Waals surface area (Å²) in [6, 6.07) is 0. The second-order valence-corrected chi connectivity index (χ2v) is 4.82. The van der Waals surface area contributed by atoms with E-state index in [4.69, 9.17) is 10.2 Å². The van der Waals surface area contributed by atoms with Crippen molar-refractivity contribution in [1.29, 1.82) is 0 Å². The molecule has 0 aliphatic carbocycles. The van der Waals surface area contributed by atoms with Crippen LogP contribution in [-0.2, 0) is 4.79 Å². The predicted octanol–water partition coefficient (Wildman–Crippen LogP) is 2.49. The van der Waals surface area contributed by atoms with Gasteiger partial charge in [0.2, 0.25) is 5.91 Å². The van der Waals surface area contributed by atoms with Crippen LogP contribution in [0.2, 0.25) is 0 Å². The number of hydrogen-bond acceptors (Lipinski definition) is 3. The van der Waals surface area contributed by atoms with Crippen molar-refractivity contribution >= 4 is 5.91 Å². The van der Waals surface area contributed by atoms with E-state index in [-0.39, 0.29) is 11.8 Å². The molecule has 0 aromatic carbocycles. The summed E-state index contributed by atoms with van der Waals surface area (Å²) in [6.45, 7) is 3.38. The van der Waals surface area contributed by atoms with Gasteiger partial charge in [0, 0.05) is 5.92 Å². The van der Waals surface area contributed by atoms with Crippen molar-refractivity contribution in [2.24, 2.45) is 5.92 Å². The fourth-order valence-electron chi connectivity index (χ4n) is 2.12. The fourth-order valence-corrected chi connectivity index (χ4v) is 2.12. The second kappa shape index (κ2) is 11.5. The lowest BCUT2D eigenvalue weighted by Gasteiger charge is -2.22. The lowest BCUT2D eigenvalue weighted by Crippen LogP contribution is -2.37. The van der Waals surface area contributed by atoms with Gasteiger partial charge in [-0.2, -0.15) is 0 Å². The van der Waals surface area contributed by atoms with Crippen molar-refractivity contribution in [2.75, 3.05) is 13.5 Å². The molecule has 108 valence electrons. The average Bonchev–Trinajstić information content (AvgIpc) is 2.39. The molecule has 0 aliphatic heterocycles. The molecule has 0 saturated heterocycles. The highest BCUT2D eigenvalue weighted by atomic mass is 16.3. The molecule has 1 amide bonds. The van der Waals surface area contributed by atoms with E-state index in [1.807, 2.05) is 6.92 Å². The lowest BCUT2D eigenvalue weighted by atomic mass is 9.96. The van der Waals surface area contributed by atoms with Gasteiger partial charge in [0.25, 0.3) is 0 Å². The minimum atomic E-state index is -0.400. The molecule has 0 saturated carbocycles. The number of rotatable bonds is 11. The summed E-state index contributed by atoms with van der Waals surface area (Å²) in [4.78, 5) is 13.0. The molecule has 1 unspecified atom stereocenters. The molecular formula is C14H29NO3. The smallest absolute Gasteiger partial charge is 0.229 e. The largest absolute Gasteiger partial charge is 0.376 e. The molecule has 0 rings (SSSR count). The van der Waals surface area contributed by atoms with Gasteiger partial charge in [-0.3, -0.25) is 9.69 Å². The average molecular weight is 259 g/mol. The number of unbranched alkanes of at least 4 members (excludes halogenated alkanes) is 5. The third-order valence-corrected chi connectivity index (χ3v) is 3.40. The standard InChI is InChI=1S/C14H29NO3/c1-3-5-6-7-8-9-10-13(4-2)14(18)15(11-16)12-17/h13,16-17H,3-12H2,1-2H3. The third kappa shape index (κ3) is 6.97. The van der Waals surface area contributed by atoms with E-state index in [0.717, 1.165) is 24.2 Å². The van der Waals surface area contributed by atoms with Gasteiger partial charge in [-0.25, -0.2) is 0 Å². The van der Waals surface area contributed by atoms with E-state index in [2.05, 4.69) is 6.92 Å². The van der Waals surface area contributed by atoms with Crippen LogP contribution < -0.4 is 0 Å². The number of carbonyl (C=O) groups excluding carboxylic acids is 1. The molecule has 0 aliphatic rings. The first-order valence-corrected chi connectivity index (χ1v) is 7.21. The topological polar surface area (TPSA) is 60.8 Å². The van der Waals surface area contributed by atoms with Gasteiger partial charge in [0.1, 0.15) is 13.5 Å². The molecule has 0 aromatic rings. The quantitative estimate of drug-likeness (QED) is 0.443. The predicted molar refractivity (Wildman–Crippen MR) is 72.8 cm³/mol. The van der Waals surface area contributed by atoms with E-state index < -0.39 is 13.5 Å². The first-order valence-electron chi connectivity index (χ1n) is 7.21. The molecule has 0 aromatic heterocycles. The third-order valence-electron chi connectivity index (χ3n) is 3.40. The zero-order valence-electron chi connectivity index (χ0n) is 11.9. The zero-order valence-corrected chi connectivity index (χ0v) is 11.9. The Bertz CT molecular complexity index is 205. The molecule has 4 heteroatoms. The van der Waals surface area contributed by atoms with Crippen LogP contribution in [-0.4, -0.2) is 34.5 Å². The summed E-state index contributed by atoms with van der Waals surface area (Å²) in [7, 11) is 0. The van der Waals surface area contributed by atoms with Gasteiger partial charge >= 0.3 is 0 Å². The van der Waals surface area contributed by atoms with Crippen molar-refractivity contribution in [1.82, 2.24) is 4.90 Å². The Balaban J connectivity index is 3.85. The Morgan fingerprint density at radius 2 is 1.56 bits per heavy atom. The Morgan fingerprint density at radius 3 is 2.06 bits per heavy atom. The minimum Gasteiger partial charge on any atom is -0.376 e. The van der Waals surface area contributed by atoms with Crippen molar-refractivity contribution in [3.05, 3.63) is 0 Å². The van der Waals surface area contributed by atoms with Crippen LogP contribution in [0.25, 0.3) is 0 Å². The molecule has 2 N–H and O–H groups in total. The van der Waals surface area contributed by atoms with Gasteiger partial charge in [-0.15, -0.1) is 0 Å². The number of carbonyl (C=O) groups is 1. The highest BCUT2D eigenvalue weighted by molar-refractivity contribution is 5.78.